The molecule has 7 heteroatoms. The lowest BCUT2D eigenvalue weighted by atomic mass is 10.2. The summed E-state index contributed by atoms with van der Waals surface area (Å²) in [7, 11) is 0. The molecule has 3 heterocycles. The summed E-state index contributed by atoms with van der Waals surface area (Å²) >= 11 is 1.65. The number of nitrogens with zero attached hydrogens (tertiary/aromatic N) is 5. The number of aromatic nitrogens is 4. The van der Waals surface area contributed by atoms with Crippen molar-refractivity contribution in [2.75, 3.05) is 0 Å². The Labute approximate surface area is 125 Å². The number of rotatable bonds is 4. The lowest BCUT2D eigenvalue weighted by Crippen LogP contribution is -2.08. The molecule has 3 aromatic heterocycles. The molecule has 0 fully saturated rings. The van der Waals surface area contributed by atoms with Crippen LogP contribution in [-0.2, 0) is 13.0 Å². The monoisotopic (exact) mass is 299 g/mol. The molecule has 0 aliphatic carbocycles. The number of hydrogen-bond donors (Lipinski definition) is 0. The normalized spacial score (nSPS) is 10.7. The maximum atomic E-state index is 9.20. The van der Waals surface area contributed by atoms with E-state index in [1.165, 1.54) is 4.88 Å². The van der Waals surface area contributed by atoms with E-state index < -0.39 is 0 Å². The number of thiophene rings is 1. The van der Waals surface area contributed by atoms with Gasteiger partial charge in [0.25, 0.3) is 0 Å². The van der Waals surface area contributed by atoms with Gasteiger partial charge in [0, 0.05) is 16.9 Å². The fourth-order valence-corrected chi connectivity index (χ4v) is 2.89. The Hall–Kier alpha value is -2.46. The largest absolute Gasteiger partial charge is 0.361 e. The summed E-state index contributed by atoms with van der Waals surface area (Å²) in [5.74, 6) is 0.767. The third kappa shape index (κ3) is 2.58. The first-order chi connectivity index (χ1) is 10.2. The SMILES string of the molecule is Cc1noc(C)c1Cn1nnc(C#N)c1Cc1cccs1. The Balaban J connectivity index is 1.96. The van der Waals surface area contributed by atoms with Gasteiger partial charge in [-0.25, -0.2) is 4.68 Å². The van der Waals surface area contributed by atoms with E-state index in [0.717, 1.165) is 22.7 Å². The maximum Gasteiger partial charge on any atom is 0.186 e. The molecular formula is C14H13N5OS. The molecule has 0 saturated heterocycles. The van der Waals surface area contributed by atoms with Crippen LogP contribution in [0.25, 0.3) is 0 Å². The van der Waals surface area contributed by atoms with E-state index in [1.807, 2.05) is 31.4 Å². The van der Waals surface area contributed by atoms with Gasteiger partial charge < -0.3 is 4.52 Å². The molecule has 6 nitrogen and oxygen atoms in total. The average Bonchev–Trinajstić information content (AvgIpc) is 3.18. The lowest BCUT2D eigenvalue weighted by Gasteiger charge is -2.05. The van der Waals surface area contributed by atoms with Crippen LogP contribution in [0.3, 0.4) is 0 Å². The van der Waals surface area contributed by atoms with Crippen molar-refractivity contribution >= 4 is 11.3 Å². The van der Waals surface area contributed by atoms with Crippen molar-refractivity contribution in [3.63, 3.8) is 0 Å². The van der Waals surface area contributed by atoms with Gasteiger partial charge in [-0.15, -0.1) is 16.4 Å². The molecule has 0 aliphatic rings. The Morgan fingerprint density at radius 2 is 2.29 bits per heavy atom. The summed E-state index contributed by atoms with van der Waals surface area (Å²) in [5, 5.41) is 23.2. The highest BCUT2D eigenvalue weighted by Crippen LogP contribution is 2.19. The number of nitriles is 1. The van der Waals surface area contributed by atoms with Gasteiger partial charge in [0.2, 0.25) is 0 Å². The summed E-state index contributed by atoms with van der Waals surface area (Å²) in [6, 6.07) is 6.14. The van der Waals surface area contributed by atoms with Gasteiger partial charge in [0.15, 0.2) is 5.69 Å². The summed E-state index contributed by atoms with van der Waals surface area (Å²) in [6.07, 6.45) is 0.650. The molecule has 3 aromatic rings. The van der Waals surface area contributed by atoms with Crippen molar-refractivity contribution in [1.82, 2.24) is 20.2 Å². The van der Waals surface area contributed by atoms with Crippen LogP contribution in [0.5, 0.6) is 0 Å². The molecular weight excluding hydrogens is 286 g/mol. The van der Waals surface area contributed by atoms with Crippen molar-refractivity contribution < 1.29 is 4.52 Å². The first-order valence-electron chi connectivity index (χ1n) is 6.45. The van der Waals surface area contributed by atoms with E-state index in [0.29, 0.717) is 18.7 Å². The zero-order chi connectivity index (χ0) is 14.8. The zero-order valence-electron chi connectivity index (χ0n) is 11.7. The van der Waals surface area contributed by atoms with Crippen molar-refractivity contribution in [2.45, 2.75) is 26.8 Å². The molecule has 0 spiro atoms. The van der Waals surface area contributed by atoms with E-state index in [4.69, 9.17) is 4.52 Å². The molecule has 0 unspecified atom stereocenters. The minimum absolute atomic E-state index is 0.371. The Kier molecular flexibility index (Phi) is 3.54. The van der Waals surface area contributed by atoms with Crippen molar-refractivity contribution in [3.8, 4) is 6.07 Å². The van der Waals surface area contributed by atoms with Crippen LogP contribution < -0.4 is 0 Å². The third-order valence-corrected chi connectivity index (χ3v) is 4.23. The molecule has 0 aromatic carbocycles. The van der Waals surface area contributed by atoms with Crippen LogP contribution in [0, 0.1) is 25.2 Å². The van der Waals surface area contributed by atoms with Gasteiger partial charge in [-0.1, -0.05) is 16.4 Å². The van der Waals surface area contributed by atoms with Gasteiger partial charge in [0.1, 0.15) is 11.8 Å². The second kappa shape index (κ2) is 5.50. The first kappa shape index (κ1) is 13.5. The summed E-state index contributed by atoms with van der Waals surface area (Å²) in [5.41, 5.74) is 3.01. The first-order valence-corrected chi connectivity index (χ1v) is 7.33. The molecule has 0 amide bonds. The molecule has 0 bridgehead atoms. The second-order valence-electron chi connectivity index (χ2n) is 4.71. The van der Waals surface area contributed by atoms with E-state index in [1.54, 1.807) is 16.0 Å². The van der Waals surface area contributed by atoms with E-state index in [2.05, 4.69) is 21.5 Å². The predicted octanol–water partition coefficient (Wildman–Crippen LogP) is 2.46. The third-order valence-electron chi connectivity index (χ3n) is 3.35. The van der Waals surface area contributed by atoms with E-state index in [9.17, 15) is 5.26 Å². The van der Waals surface area contributed by atoms with Crippen LogP contribution in [-0.4, -0.2) is 20.2 Å². The Morgan fingerprint density at radius 3 is 2.90 bits per heavy atom. The van der Waals surface area contributed by atoms with Gasteiger partial charge in [-0.2, -0.15) is 5.26 Å². The van der Waals surface area contributed by atoms with Crippen LogP contribution in [0.2, 0.25) is 0 Å². The van der Waals surface area contributed by atoms with Crippen LogP contribution in [0.4, 0.5) is 0 Å². The lowest BCUT2D eigenvalue weighted by molar-refractivity contribution is 0.391. The van der Waals surface area contributed by atoms with E-state index in [-0.39, 0.29) is 0 Å². The zero-order valence-corrected chi connectivity index (χ0v) is 12.5. The molecule has 0 saturated carbocycles. The van der Waals surface area contributed by atoms with Gasteiger partial charge >= 0.3 is 0 Å². The van der Waals surface area contributed by atoms with Crippen molar-refractivity contribution in [1.29, 1.82) is 5.26 Å². The Morgan fingerprint density at radius 1 is 1.43 bits per heavy atom. The standard InChI is InChI=1S/C14H13N5OS/c1-9-12(10(2)20-17-9)8-19-14(13(7-15)16-18-19)6-11-4-3-5-21-11/h3-5H,6,8H2,1-2H3. The minimum atomic E-state index is 0.371. The van der Waals surface area contributed by atoms with Gasteiger partial charge in [-0.05, 0) is 25.3 Å². The minimum Gasteiger partial charge on any atom is -0.361 e. The molecule has 0 atom stereocenters. The van der Waals surface area contributed by atoms with E-state index >= 15 is 0 Å². The topological polar surface area (TPSA) is 80.5 Å². The quantitative estimate of drug-likeness (QED) is 0.739. The summed E-state index contributed by atoms with van der Waals surface area (Å²) in [6.45, 7) is 4.28. The second-order valence-corrected chi connectivity index (χ2v) is 5.75. The molecule has 3 rings (SSSR count). The predicted molar refractivity (Wildman–Crippen MR) is 76.9 cm³/mol. The molecule has 0 N–H and O–H groups in total. The highest BCUT2D eigenvalue weighted by atomic mass is 32.1. The highest BCUT2D eigenvalue weighted by Gasteiger charge is 2.17. The number of aryl methyl sites for hydroxylation is 2. The van der Waals surface area contributed by atoms with Gasteiger partial charge in [0.05, 0.1) is 17.9 Å². The summed E-state index contributed by atoms with van der Waals surface area (Å²) in [4.78, 5) is 1.17. The van der Waals surface area contributed by atoms with Crippen LogP contribution in [0.15, 0.2) is 22.0 Å². The highest BCUT2D eigenvalue weighted by molar-refractivity contribution is 7.09. The molecule has 106 valence electrons. The van der Waals surface area contributed by atoms with Gasteiger partial charge in [-0.3, -0.25) is 0 Å². The van der Waals surface area contributed by atoms with Crippen molar-refractivity contribution in [2.24, 2.45) is 0 Å². The molecule has 0 radical (unpaired) electrons. The smallest absolute Gasteiger partial charge is 0.186 e. The maximum absolute atomic E-state index is 9.20. The fraction of sp³-hybridized carbons (Fsp3) is 0.286. The number of hydrogen-bond acceptors (Lipinski definition) is 6. The van der Waals surface area contributed by atoms with Crippen LogP contribution >= 0.6 is 11.3 Å². The molecule has 0 aliphatic heterocycles. The molecule has 21 heavy (non-hydrogen) atoms. The summed E-state index contributed by atoms with van der Waals surface area (Å²) < 4.78 is 6.93. The van der Waals surface area contributed by atoms with Crippen molar-refractivity contribution in [3.05, 3.63) is 50.8 Å². The average molecular weight is 299 g/mol. The Bertz CT molecular complexity index is 775. The fourth-order valence-electron chi connectivity index (χ4n) is 2.18. The van der Waals surface area contributed by atoms with Crippen LogP contribution in [0.1, 0.15) is 33.3 Å².